The molecule has 0 bridgehead atoms. The number of rotatable bonds is 5. The van der Waals surface area contributed by atoms with E-state index in [9.17, 15) is 0 Å². The molecule has 1 heterocycles. The molecule has 0 unspecified atom stereocenters. The highest BCUT2D eigenvalue weighted by Gasteiger charge is 2.30. The lowest BCUT2D eigenvalue weighted by Gasteiger charge is -2.38. The molecule has 1 aliphatic rings. The van der Waals surface area contributed by atoms with Crippen molar-refractivity contribution in [1.82, 2.24) is 10.3 Å². The molecule has 0 aliphatic heterocycles. The molecule has 0 spiro atoms. The fourth-order valence-electron chi connectivity index (χ4n) is 2.24. The summed E-state index contributed by atoms with van der Waals surface area (Å²) in [6.07, 6.45) is 5.65. The van der Waals surface area contributed by atoms with Gasteiger partial charge in [0.15, 0.2) is 5.84 Å². The molecule has 2 rings (SSSR count). The molecule has 1 aliphatic carbocycles. The van der Waals surface area contributed by atoms with Crippen LogP contribution in [0.1, 0.15) is 37.4 Å². The van der Waals surface area contributed by atoms with E-state index in [-0.39, 0.29) is 5.84 Å². The molecule has 1 aromatic rings. The number of pyridine rings is 1. The van der Waals surface area contributed by atoms with Gasteiger partial charge in [-0.3, -0.25) is 4.98 Å². The molecule has 18 heavy (non-hydrogen) atoms. The van der Waals surface area contributed by atoms with Gasteiger partial charge in [0.2, 0.25) is 0 Å². The van der Waals surface area contributed by atoms with Gasteiger partial charge in [0.25, 0.3) is 0 Å². The van der Waals surface area contributed by atoms with Crippen molar-refractivity contribution < 1.29 is 5.21 Å². The fourth-order valence-corrected chi connectivity index (χ4v) is 2.24. The topological polar surface area (TPSA) is 83.5 Å². The molecule has 0 saturated heterocycles. The molecular weight excluding hydrogens is 228 g/mol. The van der Waals surface area contributed by atoms with E-state index in [1.54, 1.807) is 6.20 Å². The largest absolute Gasteiger partial charge is 0.409 e. The summed E-state index contributed by atoms with van der Waals surface area (Å²) in [6, 6.07) is 3.77. The molecule has 0 atom stereocenters. The third kappa shape index (κ3) is 2.98. The molecule has 0 amide bonds. The lowest BCUT2D eigenvalue weighted by Crippen LogP contribution is -2.37. The normalized spacial score (nSPS) is 18.4. The number of oxime groups is 1. The van der Waals surface area contributed by atoms with Gasteiger partial charge in [-0.25, -0.2) is 0 Å². The molecule has 0 aromatic carbocycles. The first-order valence-corrected chi connectivity index (χ1v) is 6.26. The van der Waals surface area contributed by atoms with Gasteiger partial charge in [0.05, 0.1) is 0 Å². The molecule has 1 aromatic heterocycles. The monoisotopic (exact) mass is 248 g/mol. The Bertz CT molecular complexity index is 440. The van der Waals surface area contributed by atoms with Crippen LogP contribution in [0, 0.1) is 5.41 Å². The molecule has 1 saturated carbocycles. The van der Waals surface area contributed by atoms with E-state index in [2.05, 4.69) is 22.4 Å². The third-order valence-corrected chi connectivity index (χ3v) is 3.64. The minimum absolute atomic E-state index is 0.0443. The quantitative estimate of drug-likeness (QED) is 0.319. The number of amidine groups is 1. The number of nitrogens with zero attached hydrogens (tertiary/aromatic N) is 2. The zero-order valence-electron chi connectivity index (χ0n) is 10.7. The molecule has 4 N–H and O–H groups in total. The van der Waals surface area contributed by atoms with Crippen LogP contribution in [0.5, 0.6) is 0 Å². The van der Waals surface area contributed by atoms with Crippen molar-refractivity contribution in [1.29, 1.82) is 0 Å². The lowest BCUT2D eigenvalue weighted by molar-refractivity contribution is 0.156. The molecular formula is C13H20N4O. The van der Waals surface area contributed by atoms with E-state index in [0.29, 0.717) is 11.1 Å². The Morgan fingerprint density at radius 3 is 3.00 bits per heavy atom. The second kappa shape index (κ2) is 5.35. The Balaban J connectivity index is 1.89. The van der Waals surface area contributed by atoms with Gasteiger partial charge in [-0.15, -0.1) is 0 Å². The molecule has 5 nitrogen and oxygen atoms in total. The second-order valence-electron chi connectivity index (χ2n) is 5.30. The second-order valence-corrected chi connectivity index (χ2v) is 5.30. The van der Waals surface area contributed by atoms with Crippen molar-refractivity contribution >= 4 is 5.84 Å². The summed E-state index contributed by atoms with van der Waals surface area (Å²) in [6.45, 7) is 4.13. The predicted molar refractivity (Wildman–Crippen MR) is 70.4 cm³/mol. The van der Waals surface area contributed by atoms with Crippen LogP contribution in [0.2, 0.25) is 0 Å². The average molecular weight is 248 g/mol. The fraction of sp³-hybridized carbons (Fsp3) is 0.538. The molecule has 5 heteroatoms. The van der Waals surface area contributed by atoms with Gasteiger partial charge in [-0.1, -0.05) is 18.5 Å². The number of nitrogens with one attached hydrogen (secondary N) is 1. The first-order chi connectivity index (χ1) is 8.63. The summed E-state index contributed by atoms with van der Waals surface area (Å²) >= 11 is 0. The zero-order valence-corrected chi connectivity index (χ0v) is 10.7. The van der Waals surface area contributed by atoms with Crippen molar-refractivity contribution in [2.75, 3.05) is 6.54 Å². The van der Waals surface area contributed by atoms with Crippen molar-refractivity contribution in [2.45, 2.75) is 32.7 Å². The van der Waals surface area contributed by atoms with Crippen molar-refractivity contribution in [3.8, 4) is 0 Å². The van der Waals surface area contributed by atoms with Crippen LogP contribution in [0.4, 0.5) is 0 Å². The van der Waals surface area contributed by atoms with E-state index in [0.717, 1.165) is 18.7 Å². The smallest absolute Gasteiger partial charge is 0.188 e. The number of aromatic nitrogens is 1. The number of hydrogen-bond acceptors (Lipinski definition) is 4. The van der Waals surface area contributed by atoms with Gasteiger partial charge < -0.3 is 16.3 Å². The Labute approximate surface area is 107 Å². The summed E-state index contributed by atoms with van der Waals surface area (Å²) in [5, 5.41) is 15.0. The van der Waals surface area contributed by atoms with Crippen molar-refractivity contribution in [3.05, 3.63) is 29.6 Å². The first-order valence-electron chi connectivity index (χ1n) is 6.26. The Morgan fingerprint density at radius 2 is 2.39 bits per heavy atom. The summed E-state index contributed by atoms with van der Waals surface area (Å²) < 4.78 is 0. The van der Waals surface area contributed by atoms with E-state index >= 15 is 0 Å². The standard InChI is InChI=1S/C13H20N4O/c1-13(4-2-5-13)9-15-8-10-3-6-16-11(7-10)12(14)17-18/h3,6-7,15,18H,2,4-5,8-9H2,1H3,(H2,14,17). The van der Waals surface area contributed by atoms with Gasteiger partial charge in [-0.05, 0) is 36.0 Å². The van der Waals surface area contributed by atoms with E-state index in [1.165, 1.54) is 19.3 Å². The number of nitrogens with two attached hydrogens (primary N) is 1. The van der Waals surface area contributed by atoms with E-state index in [4.69, 9.17) is 10.9 Å². The molecule has 1 fully saturated rings. The summed E-state index contributed by atoms with van der Waals surface area (Å²) in [5.41, 5.74) is 7.58. The van der Waals surface area contributed by atoms with Crippen molar-refractivity contribution in [2.24, 2.45) is 16.3 Å². The van der Waals surface area contributed by atoms with Crippen LogP contribution >= 0.6 is 0 Å². The maximum absolute atomic E-state index is 8.61. The first kappa shape index (κ1) is 12.8. The molecule has 0 radical (unpaired) electrons. The maximum atomic E-state index is 8.61. The van der Waals surface area contributed by atoms with Gasteiger partial charge in [-0.2, -0.15) is 0 Å². The van der Waals surface area contributed by atoms with Crippen LogP contribution in [0.25, 0.3) is 0 Å². The predicted octanol–water partition coefficient (Wildman–Crippen LogP) is 1.46. The minimum Gasteiger partial charge on any atom is -0.409 e. The average Bonchev–Trinajstić information content (AvgIpc) is 2.36. The van der Waals surface area contributed by atoms with Gasteiger partial charge >= 0.3 is 0 Å². The van der Waals surface area contributed by atoms with Gasteiger partial charge in [0, 0.05) is 19.3 Å². The number of hydrogen-bond donors (Lipinski definition) is 3. The third-order valence-electron chi connectivity index (χ3n) is 3.64. The zero-order chi connectivity index (χ0) is 13.0. The summed E-state index contributed by atoms with van der Waals surface area (Å²) in [7, 11) is 0. The highest BCUT2D eigenvalue weighted by Crippen LogP contribution is 2.39. The van der Waals surface area contributed by atoms with Gasteiger partial charge in [0.1, 0.15) is 5.69 Å². The minimum atomic E-state index is 0.0443. The van der Waals surface area contributed by atoms with Crippen LogP contribution in [0.15, 0.2) is 23.5 Å². The summed E-state index contributed by atoms with van der Waals surface area (Å²) in [5.74, 6) is 0.0443. The van der Waals surface area contributed by atoms with E-state index < -0.39 is 0 Å². The SMILES string of the molecule is CC1(CNCc2ccnc(/C(N)=N/O)c2)CCC1. The highest BCUT2D eigenvalue weighted by molar-refractivity contribution is 5.95. The van der Waals surface area contributed by atoms with Crippen LogP contribution in [-0.4, -0.2) is 22.6 Å². The summed E-state index contributed by atoms with van der Waals surface area (Å²) in [4.78, 5) is 4.05. The Morgan fingerprint density at radius 1 is 1.61 bits per heavy atom. The van der Waals surface area contributed by atoms with E-state index in [1.807, 2.05) is 12.1 Å². The van der Waals surface area contributed by atoms with Crippen LogP contribution in [0.3, 0.4) is 0 Å². The molecule has 98 valence electrons. The van der Waals surface area contributed by atoms with Crippen LogP contribution in [-0.2, 0) is 6.54 Å². The maximum Gasteiger partial charge on any atom is 0.188 e. The van der Waals surface area contributed by atoms with Crippen LogP contribution < -0.4 is 11.1 Å². The Hall–Kier alpha value is -1.62. The highest BCUT2D eigenvalue weighted by atomic mass is 16.4. The van der Waals surface area contributed by atoms with Crippen molar-refractivity contribution in [3.63, 3.8) is 0 Å². The Kier molecular flexibility index (Phi) is 3.81. The lowest BCUT2D eigenvalue weighted by atomic mass is 9.70.